The van der Waals surface area contributed by atoms with Crippen molar-refractivity contribution in [2.24, 2.45) is 0 Å². The first-order valence-corrected chi connectivity index (χ1v) is 9.24. The minimum Gasteiger partial charge on any atom is -0.390 e. The Labute approximate surface area is 141 Å². The largest absolute Gasteiger partial charge is 0.390 e. The van der Waals surface area contributed by atoms with E-state index in [2.05, 4.69) is 0 Å². The third kappa shape index (κ3) is 12.8. The summed E-state index contributed by atoms with van der Waals surface area (Å²) in [6.45, 7) is 2.84. The molecule has 5 nitrogen and oxygen atoms in total. The van der Waals surface area contributed by atoms with E-state index in [1.54, 1.807) is 7.11 Å². The summed E-state index contributed by atoms with van der Waals surface area (Å²) in [7, 11) is 1.71. The molecule has 0 aromatic rings. The molecule has 0 spiro atoms. The third-order valence-corrected chi connectivity index (χ3v) is 4.32. The Hall–Kier alpha value is -0.200. The van der Waals surface area contributed by atoms with E-state index in [4.69, 9.17) is 4.74 Å². The molecule has 0 heterocycles. The van der Waals surface area contributed by atoms with Gasteiger partial charge in [-0.3, -0.25) is 0 Å². The van der Waals surface area contributed by atoms with Crippen LogP contribution in [0.15, 0.2) is 0 Å². The smallest absolute Gasteiger partial charge is 0.0824 e. The SMILES string of the molecule is CCCCC(O)C(O)CC(O)C(O)CCCCCCCCOC. The lowest BCUT2D eigenvalue weighted by Gasteiger charge is -2.23. The molecule has 23 heavy (non-hydrogen) atoms. The Balaban J connectivity index is 3.66. The van der Waals surface area contributed by atoms with Crippen molar-refractivity contribution in [1.82, 2.24) is 0 Å². The van der Waals surface area contributed by atoms with E-state index in [9.17, 15) is 20.4 Å². The lowest BCUT2D eigenvalue weighted by atomic mass is 9.97. The van der Waals surface area contributed by atoms with E-state index in [0.29, 0.717) is 12.8 Å². The maximum atomic E-state index is 9.94. The molecule has 0 radical (unpaired) electrons. The number of ether oxygens (including phenoxy) is 1. The van der Waals surface area contributed by atoms with Gasteiger partial charge in [0.15, 0.2) is 0 Å². The number of hydrogen-bond acceptors (Lipinski definition) is 5. The first-order valence-electron chi connectivity index (χ1n) is 9.24. The van der Waals surface area contributed by atoms with Crippen molar-refractivity contribution in [2.45, 2.75) is 102 Å². The summed E-state index contributed by atoms with van der Waals surface area (Å²) < 4.78 is 5.00. The molecule has 4 atom stereocenters. The second-order valence-electron chi connectivity index (χ2n) is 6.55. The van der Waals surface area contributed by atoms with Crippen molar-refractivity contribution < 1.29 is 25.2 Å². The van der Waals surface area contributed by atoms with Crippen molar-refractivity contribution in [2.75, 3.05) is 13.7 Å². The normalized spacial score (nSPS) is 17.0. The Morgan fingerprint density at radius 1 is 0.652 bits per heavy atom. The average molecular weight is 334 g/mol. The fourth-order valence-corrected chi connectivity index (χ4v) is 2.67. The van der Waals surface area contributed by atoms with Crippen LogP contribution in [0.2, 0.25) is 0 Å². The lowest BCUT2D eigenvalue weighted by molar-refractivity contribution is -0.0521. The molecule has 0 aromatic heterocycles. The van der Waals surface area contributed by atoms with E-state index < -0.39 is 24.4 Å². The molecular formula is C18H38O5. The standard InChI is InChI=1S/C18H38O5/c1-3-4-11-15(19)17(21)14-18(22)16(20)12-9-7-5-6-8-10-13-23-2/h15-22H,3-14H2,1-2H3. The van der Waals surface area contributed by atoms with Crippen LogP contribution in [0.5, 0.6) is 0 Å². The molecule has 140 valence electrons. The predicted octanol–water partition coefficient (Wildman–Crippen LogP) is 2.39. The molecule has 0 bridgehead atoms. The van der Waals surface area contributed by atoms with Gasteiger partial charge in [-0.1, -0.05) is 51.9 Å². The summed E-state index contributed by atoms with van der Waals surface area (Å²) in [5.74, 6) is 0. The molecule has 4 N–H and O–H groups in total. The highest BCUT2D eigenvalue weighted by atomic mass is 16.5. The fourth-order valence-electron chi connectivity index (χ4n) is 2.67. The fraction of sp³-hybridized carbons (Fsp3) is 1.00. The number of aliphatic hydroxyl groups is 4. The van der Waals surface area contributed by atoms with Crippen LogP contribution < -0.4 is 0 Å². The summed E-state index contributed by atoms with van der Waals surface area (Å²) in [6.07, 6.45) is 5.81. The van der Waals surface area contributed by atoms with Crippen LogP contribution in [0.3, 0.4) is 0 Å². The van der Waals surface area contributed by atoms with E-state index in [1.165, 1.54) is 12.8 Å². The summed E-state index contributed by atoms with van der Waals surface area (Å²) in [6, 6.07) is 0. The van der Waals surface area contributed by atoms with E-state index >= 15 is 0 Å². The number of hydrogen-bond donors (Lipinski definition) is 4. The Morgan fingerprint density at radius 3 is 1.65 bits per heavy atom. The topological polar surface area (TPSA) is 90.2 Å². The van der Waals surface area contributed by atoms with E-state index in [0.717, 1.165) is 45.1 Å². The van der Waals surface area contributed by atoms with Crippen LogP contribution in [0.4, 0.5) is 0 Å². The molecule has 0 aliphatic rings. The minimum atomic E-state index is -0.969. The zero-order valence-corrected chi connectivity index (χ0v) is 15.0. The molecule has 0 saturated heterocycles. The first kappa shape index (κ1) is 22.8. The van der Waals surface area contributed by atoms with Gasteiger partial charge in [0.2, 0.25) is 0 Å². The average Bonchev–Trinajstić information content (AvgIpc) is 2.54. The monoisotopic (exact) mass is 334 g/mol. The number of rotatable bonds is 16. The molecular weight excluding hydrogens is 296 g/mol. The Morgan fingerprint density at radius 2 is 1.13 bits per heavy atom. The van der Waals surface area contributed by atoms with Gasteiger partial charge < -0.3 is 25.2 Å². The molecule has 0 aromatic carbocycles. The molecule has 0 saturated carbocycles. The van der Waals surface area contributed by atoms with Gasteiger partial charge in [-0.05, 0) is 19.3 Å². The van der Waals surface area contributed by atoms with Gasteiger partial charge in [-0.2, -0.15) is 0 Å². The van der Waals surface area contributed by atoms with Crippen LogP contribution in [0.25, 0.3) is 0 Å². The Kier molecular flexibility index (Phi) is 15.2. The third-order valence-electron chi connectivity index (χ3n) is 4.32. The quantitative estimate of drug-likeness (QED) is 0.325. The van der Waals surface area contributed by atoms with Crippen LogP contribution in [-0.2, 0) is 4.74 Å². The van der Waals surface area contributed by atoms with Crippen LogP contribution in [-0.4, -0.2) is 58.6 Å². The van der Waals surface area contributed by atoms with Crippen LogP contribution >= 0.6 is 0 Å². The second-order valence-corrected chi connectivity index (χ2v) is 6.55. The summed E-state index contributed by atoms with van der Waals surface area (Å²) >= 11 is 0. The summed E-state index contributed by atoms with van der Waals surface area (Å²) in [5, 5.41) is 39.5. The second kappa shape index (κ2) is 15.3. The molecule has 0 fully saturated rings. The molecule has 0 amide bonds. The minimum absolute atomic E-state index is 0.0308. The predicted molar refractivity (Wildman–Crippen MR) is 92.4 cm³/mol. The van der Waals surface area contributed by atoms with Crippen molar-refractivity contribution in [1.29, 1.82) is 0 Å². The number of methoxy groups -OCH3 is 1. The van der Waals surface area contributed by atoms with Crippen molar-refractivity contribution in [3.05, 3.63) is 0 Å². The van der Waals surface area contributed by atoms with Gasteiger partial charge in [-0.25, -0.2) is 0 Å². The van der Waals surface area contributed by atoms with Gasteiger partial charge in [0, 0.05) is 20.1 Å². The lowest BCUT2D eigenvalue weighted by Crippen LogP contribution is -2.35. The van der Waals surface area contributed by atoms with Gasteiger partial charge in [0.1, 0.15) is 0 Å². The molecule has 5 heteroatoms. The highest BCUT2D eigenvalue weighted by molar-refractivity contribution is 4.76. The number of unbranched alkanes of at least 4 members (excludes halogenated alkanes) is 6. The molecule has 0 aliphatic heterocycles. The molecule has 4 unspecified atom stereocenters. The van der Waals surface area contributed by atoms with E-state index in [-0.39, 0.29) is 6.42 Å². The van der Waals surface area contributed by atoms with Gasteiger partial charge in [-0.15, -0.1) is 0 Å². The van der Waals surface area contributed by atoms with Crippen molar-refractivity contribution >= 4 is 0 Å². The Bertz CT molecular complexity index is 250. The molecule has 0 aliphatic carbocycles. The van der Waals surface area contributed by atoms with E-state index in [1.807, 2.05) is 6.92 Å². The van der Waals surface area contributed by atoms with Crippen LogP contribution in [0, 0.1) is 0 Å². The van der Waals surface area contributed by atoms with Gasteiger partial charge in [0.05, 0.1) is 24.4 Å². The van der Waals surface area contributed by atoms with Gasteiger partial charge >= 0.3 is 0 Å². The zero-order valence-electron chi connectivity index (χ0n) is 15.0. The highest BCUT2D eigenvalue weighted by Crippen LogP contribution is 2.15. The van der Waals surface area contributed by atoms with Gasteiger partial charge in [0.25, 0.3) is 0 Å². The highest BCUT2D eigenvalue weighted by Gasteiger charge is 2.23. The number of aliphatic hydroxyl groups excluding tert-OH is 4. The summed E-state index contributed by atoms with van der Waals surface area (Å²) in [4.78, 5) is 0. The first-order chi connectivity index (χ1) is 11.0. The maximum Gasteiger partial charge on any atom is 0.0824 e. The maximum absolute atomic E-state index is 9.94. The van der Waals surface area contributed by atoms with Crippen LogP contribution in [0.1, 0.15) is 77.6 Å². The van der Waals surface area contributed by atoms with Crippen molar-refractivity contribution in [3.63, 3.8) is 0 Å². The summed E-state index contributed by atoms with van der Waals surface area (Å²) in [5.41, 5.74) is 0. The zero-order chi connectivity index (χ0) is 17.5. The molecule has 0 rings (SSSR count). The van der Waals surface area contributed by atoms with Crippen molar-refractivity contribution in [3.8, 4) is 0 Å².